The lowest BCUT2D eigenvalue weighted by atomic mass is 10.1. The molecule has 0 unspecified atom stereocenters. The molecule has 2 aromatic rings. The van der Waals surface area contributed by atoms with Gasteiger partial charge in [-0.25, -0.2) is 4.99 Å². The lowest BCUT2D eigenvalue weighted by molar-refractivity contribution is -0.110. The van der Waals surface area contributed by atoms with Crippen molar-refractivity contribution in [3.05, 3.63) is 56.5 Å². The molecular weight excluding hydrogens is 352 g/mol. The number of amides is 1. The third kappa shape index (κ3) is 2.49. The number of fused-ring (bicyclic) bond motifs is 1. The van der Waals surface area contributed by atoms with E-state index < -0.39 is 0 Å². The van der Waals surface area contributed by atoms with Crippen LogP contribution in [0.5, 0.6) is 0 Å². The van der Waals surface area contributed by atoms with Crippen molar-refractivity contribution in [1.29, 1.82) is 0 Å². The highest BCUT2D eigenvalue weighted by atomic mass is 79.9. The molecule has 1 aliphatic rings. The second-order valence-corrected chi connectivity index (χ2v) is 6.28. The van der Waals surface area contributed by atoms with E-state index in [9.17, 15) is 4.79 Å². The average molecular weight is 364 g/mol. The van der Waals surface area contributed by atoms with Crippen LogP contribution in [-0.4, -0.2) is 11.6 Å². The summed E-state index contributed by atoms with van der Waals surface area (Å²) in [6, 6.07) is 9.42. The van der Waals surface area contributed by atoms with Gasteiger partial charge in [0.25, 0.3) is 5.91 Å². The van der Waals surface area contributed by atoms with E-state index in [0.717, 1.165) is 27.0 Å². The molecule has 3 rings (SSSR count). The summed E-state index contributed by atoms with van der Waals surface area (Å²) in [6.07, 6.45) is 0. The molecule has 0 fully saturated rings. The number of anilines is 1. The van der Waals surface area contributed by atoms with Crippen molar-refractivity contribution in [3.8, 4) is 0 Å². The Balaban J connectivity index is 2.19. The molecule has 2 aromatic carbocycles. The summed E-state index contributed by atoms with van der Waals surface area (Å²) < 4.78 is 0.981. The van der Waals surface area contributed by atoms with Gasteiger partial charge in [-0.1, -0.05) is 33.6 Å². The zero-order valence-electron chi connectivity index (χ0n) is 11.5. The molecule has 1 amide bonds. The SMILES string of the molecule is Cc1cc(Br)ccc1N=C1C(=O)Nc2c(C)ccc(Cl)c21. The Hall–Kier alpha value is -1.65. The second-order valence-electron chi connectivity index (χ2n) is 4.96. The molecule has 1 N–H and O–H groups in total. The van der Waals surface area contributed by atoms with Gasteiger partial charge in [0, 0.05) is 10.0 Å². The van der Waals surface area contributed by atoms with Gasteiger partial charge >= 0.3 is 0 Å². The fourth-order valence-corrected chi connectivity index (χ4v) is 3.05. The normalized spacial score (nSPS) is 15.2. The van der Waals surface area contributed by atoms with Crippen LogP contribution in [0.15, 0.2) is 39.8 Å². The van der Waals surface area contributed by atoms with E-state index in [1.54, 1.807) is 6.07 Å². The summed E-state index contributed by atoms with van der Waals surface area (Å²) >= 11 is 9.67. The molecule has 106 valence electrons. The minimum atomic E-state index is -0.219. The van der Waals surface area contributed by atoms with Crippen molar-refractivity contribution in [2.24, 2.45) is 4.99 Å². The van der Waals surface area contributed by atoms with Gasteiger partial charge in [-0.05, 0) is 49.2 Å². The lowest BCUT2D eigenvalue weighted by Gasteiger charge is -2.05. The molecule has 0 spiro atoms. The van der Waals surface area contributed by atoms with E-state index in [0.29, 0.717) is 16.3 Å². The number of aryl methyl sites for hydroxylation is 2. The van der Waals surface area contributed by atoms with Crippen molar-refractivity contribution in [2.75, 3.05) is 5.32 Å². The Morgan fingerprint density at radius 3 is 2.62 bits per heavy atom. The predicted molar refractivity (Wildman–Crippen MR) is 89.9 cm³/mol. The maximum absolute atomic E-state index is 12.2. The highest BCUT2D eigenvalue weighted by Gasteiger charge is 2.29. The molecule has 0 atom stereocenters. The van der Waals surface area contributed by atoms with Crippen LogP contribution >= 0.6 is 27.5 Å². The number of hydrogen-bond acceptors (Lipinski definition) is 2. The molecule has 1 heterocycles. The number of halogens is 2. The molecule has 0 aromatic heterocycles. The van der Waals surface area contributed by atoms with Gasteiger partial charge in [0.05, 0.1) is 16.4 Å². The number of nitrogens with one attached hydrogen (secondary N) is 1. The van der Waals surface area contributed by atoms with Gasteiger partial charge in [-0.3, -0.25) is 4.79 Å². The van der Waals surface area contributed by atoms with Gasteiger partial charge < -0.3 is 5.32 Å². The molecule has 1 aliphatic heterocycles. The zero-order chi connectivity index (χ0) is 15.1. The van der Waals surface area contributed by atoms with Crippen molar-refractivity contribution in [2.45, 2.75) is 13.8 Å². The lowest BCUT2D eigenvalue weighted by Crippen LogP contribution is -2.14. The Labute approximate surface area is 136 Å². The van der Waals surface area contributed by atoms with E-state index in [4.69, 9.17) is 11.6 Å². The van der Waals surface area contributed by atoms with Gasteiger partial charge in [0.2, 0.25) is 0 Å². The van der Waals surface area contributed by atoms with Crippen LogP contribution in [0.2, 0.25) is 5.02 Å². The smallest absolute Gasteiger partial charge is 0.275 e. The van der Waals surface area contributed by atoms with Crippen LogP contribution in [0.3, 0.4) is 0 Å². The number of carbonyl (C=O) groups excluding carboxylic acids is 1. The van der Waals surface area contributed by atoms with E-state index in [-0.39, 0.29) is 5.91 Å². The van der Waals surface area contributed by atoms with E-state index in [1.807, 2.05) is 38.1 Å². The summed E-state index contributed by atoms with van der Waals surface area (Å²) in [4.78, 5) is 16.7. The zero-order valence-corrected chi connectivity index (χ0v) is 13.8. The number of hydrogen-bond donors (Lipinski definition) is 1. The number of benzene rings is 2. The van der Waals surface area contributed by atoms with Crippen LogP contribution in [0.1, 0.15) is 16.7 Å². The Morgan fingerprint density at radius 2 is 1.90 bits per heavy atom. The second kappa shape index (κ2) is 5.28. The monoisotopic (exact) mass is 362 g/mol. The van der Waals surface area contributed by atoms with Crippen molar-refractivity contribution >= 4 is 50.5 Å². The molecule has 3 nitrogen and oxygen atoms in total. The summed E-state index contributed by atoms with van der Waals surface area (Å²) in [7, 11) is 0. The summed E-state index contributed by atoms with van der Waals surface area (Å²) in [5.74, 6) is -0.219. The van der Waals surface area contributed by atoms with Gasteiger partial charge in [-0.2, -0.15) is 0 Å². The van der Waals surface area contributed by atoms with Crippen LogP contribution < -0.4 is 5.32 Å². The minimum absolute atomic E-state index is 0.219. The summed E-state index contributed by atoms with van der Waals surface area (Å²) in [5.41, 5.74) is 4.52. The maximum atomic E-state index is 12.2. The number of rotatable bonds is 1. The molecule has 0 radical (unpaired) electrons. The summed E-state index contributed by atoms with van der Waals surface area (Å²) in [5, 5.41) is 3.37. The topological polar surface area (TPSA) is 41.5 Å². The number of nitrogens with zero attached hydrogens (tertiary/aromatic N) is 1. The van der Waals surface area contributed by atoms with Crippen molar-refractivity contribution in [3.63, 3.8) is 0 Å². The third-order valence-corrected chi connectivity index (χ3v) is 4.25. The van der Waals surface area contributed by atoms with Crippen LogP contribution in [0, 0.1) is 13.8 Å². The van der Waals surface area contributed by atoms with Crippen LogP contribution in [0.4, 0.5) is 11.4 Å². The summed E-state index contributed by atoms with van der Waals surface area (Å²) in [6.45, 7) is 3.89. The van der Waals surface area contributed by atoms with Gasteiger partial charge in [-0.15, -0.1) is 0 Å². The maximum Gasteiger partial charge on any atom is 0.275 e. The standard InChI is InChI=1S/C16H12BrClN2O/c1-8-3-5-11(18)13-14(8)20-16(21)15(13)19-12-6-4-10(17)7-9(12)2/h3-7H,1-2H3,(H,19,20,21). The first-order valence-corrected chi connectivity index (χ1v) is 7.60. The molecule has 5 heteroatoms. The van der Waals surface area contributed by atoms with E-state index in [2.05, 4.69) is 26.2 Å². The molecule has 0 saturated carbocycles. The molecule has 0 bridgehead atoms. The minimum Gasteiger partial charge on any atom is -0.320 e. The average Bonchev–Trinajstić information content (AvgIpc) is 2.76. The first kappa shape index (κ1) is 14.3. The Morgan fingerprint density at radius 1 is 1.14 bits per heavy atom. The predicted octanol–water partition coefficient (Wildman–Crippen LogP) is 4.79. The number of aliphatic imine (C=N–C) groups is 1. The number of carbonyl (C=O) groups is 1. The molecule has 21 heavy (non-hydrogen) atoms. The van der Waals surface area contributed by atoms with Crippen LogP contribution in [-0.2, 0) is 4.79 Å². The van der Waals surface area contributed by atoms with Crippen molar-refractivity contribution < 1.29 is 4.79 Å². The fourth-order valence-electron chi connectivity index (χ4n) is 2.33. The highest BCUT2D eigenvalue weighted by molar-refractivity contribution is 9.10. The van der Waals surface area contributed by atoms with Gasteiger partial charge in [0.15, 0.2) is 0 Å². The Bertz CT molecular complexity index is 799. The largest absolute Gasteiger partial charge is 0.320 e. The van der Waals surface area contributed by atoms with Gasteiger partial charge in [0.1, 0.15) is 5.71 Å². The first-order valence-electron chi connectivity index (χ1n) is 6.43. The van der Waals surface area contributed by atoms with Crippen LogP contribution in [0.25, 0.3) is 0 Å². The van der Waals surface area contributed by atoms with Crippen molar-refractivity contribution in [1.82, 2.24) is 0 Å². The molecule has 0 saturated heterocycles. The molecular formula is C16H12BrClN2O. The Kier molecular flexibility index (Phi) is 3.59. The van der Waals surface area contributed by atoms with E-state index in [1.165, 1.54) is 0 Å². The first-order chi connectivity index (χ1) is 9.97. The quantitative estimate of drug-likeness (QED) is 0.777. The molecule has 0 aliphatic carbocycles. The highest BCUT2D eigenvalue weighted by Crippen LogP contribution is 2.35. The third-order valence-electron chi connectivity index (χ3n) is 3.44. The fraction of sp³-hybridized carbons (Fsp3) is 0.125. The van der Waals surface area contributed by atoms with E-state index >= 15 is 0 Å².